The van der Waals surface area contributed by atoms with E-state index in [-0.39, 0.29) is 6.10 Å². The molecule has 2 heterocycles. The Hall–Kier alpha value is -1.85. The highest BCUT2D eigenvalue weighted by atomic mass is 16.5. The van der Waals surface area contributed by atoms with E-state index >= 15 is 0 Å². The second-order valence-corrected chi connectivity index (χ2v) is 5.47. The Morgan fingerprint density at radius 3 is 2.80 bits per heavy atom. The van der Waals surface area contributed by atoms with Gasteiger partial charge in [-0.1, -0.05) is 20.8 Å². The predicted molar refractivity (Wildman–Crippen MR) is 80.0 cm³/mol. The number of nitrogens with one attached hydrogen (secondary N) is 2. The first-order valence-corrected chi connectivity index (χ1v) is 7.21. The third kappa shape index (κ3) is 3.59. The van der Waals surface area contributed by atoms with E-state index in [1.54, 1.807) is 6.20 Å². The summed E-state index contributed by atoms with van der Waals surface area (Å²) in [5.41, 5.74) is 0.699. The summed E-state index contributed by atoms with van der Waals surface area (Å²) in [6.45, 7) is 9.36. The summed E-state index contributed by atoms with van der Waals surface area (Å²) in [4.78, 5) is 8.83. The summed E-state index contributed by atoms with van der Waals surface area (Å²) in [5, 5.41) is 10.9. The monoisotopic (exact) mass is 277 g/mol. The van der Waals surface area contributed by atoms with E-state index in [0.717, 1.165) is 24.8 Å². The van der Waals surface area contributed by atoms with Crippen LogP contribution in [-0.2, 0) is 0 Å². The average molecular weight is 277 g/mol. The molecule has 0 spiro atoms. The van der Waals surface area contributed by atoms with E-state index in [1.165, 1.54) is 0 Å². The SMILES string of the molecule is CCCNc1nc(OC(C)CC(C)C)c2cn[nH]c2n1. The highest BCUT2D eigenvalue weighted by Crippen LogP contribution is 2.24. The first kappa shape index (κ1) is 14.6. The molecule has 0 fully saturated rings. The zero-order valence-corrected chi connectivity index (χ0v) is 12.6. The Morgan fingerprint density at radius 1 is 1.30 bits per heavy atom. The lowest BCUT2D eigenvalue weighted by Crippen LogP contribution is -2.16. The van der Waals surface area contributed by atoms with Crippen LogP contribution >= 0.6 is 0 Å². The minimum atomic E-state index is 0.113. The van der Waals surface area contributed by atoms with Crippen LogP contribution in [0.4, 0.5) is 5.95 Å². The van der Waals surface area contributed by atoms with Gasteiger partial charge < -0.3 is 10.1 Å². The second kappa shape index (κ2) is 6.54. The number of aromatic amines is 1. The number of nitrogens with zero attached hydrogens (tertiary/aromatic N) is 3. The second-order valence-electron chi connectivity index (χ2n) is 5.47. The van der Waals surface area contributed by atoms with Crippen LogP contribution in [0.1, 0.15) is 40.5 Å². The maximum absolute atomic E-state index is 5.97. The van der Waals surface area contributed by atoms with E-state index < -0.39 is 0 Å². The smallest absolute Gasteiger partial charge is 0.229 e. The van der Waals surface area contributed by atoms with Crippen LogP contribution in [0.2, 0.25) is 0 Å². The zero-order valence-electron chi connectivity index (χ0n) is 12.6. The van der Waals surface area contributed by atoms with Crippen molar-refractivity contribution in [3.05, 3.63) is 6.20 Å². The van der Waals surface area contributed by atoms with Crippen LogP contribution in [0.5, 0.6) is 5.88 Å². The third-order valence-electron chi connectivity index (χ3n) is 2.92. The molecule has 0 amide bonds. The van der Waals surface area contributed by atoms with Crippen molar-refractivity contribution in [2.24, 2.45) is 5.92 Å². The molecule has 0 saturated carbocycles. The lowest BCUT2D eigenvalue weighted by atomic mass is 10.1. The van der Waals surface area contributed by atoms with Gasteiger partial charge in [-0.3, -0.25) is 5.10 Å². The number of hydrogen-bond acceptors (Lipinski definition) is 5. The molecule has 20 heavy (non-hydrogen) atoms. The highest BCUT2D eigenvalue weighted by molar-refractivity contribution is 5.80. The Kier molecular flexibility index (Phi) is 4.76. The van der Waals surface area contributed by atoms with Crippen molar-refractivity contribution in [1.29, 1.82) is 0 Å². The van der Waals surface area contributed by atoms with Crippen molar-refractivity contribution in [3.8, 4) is 5.88 Å². The van der Waals surface area contributed by atoms with Crippen LogP contribution in [0, 0.1) is 5.92 Å². The van der Waals surface area contributed by atoms with Gasteiger partial charge in [0.15, 0.2) is 5.65 Å². The molecule has 2 rings (SSSR count). The van der Waals surface area contributed by atoms with Crippen molar-refractivity contribution in [2.75, 3.05) is 11.9 Å². The van der Waals surface area contributed by atoms with Gasteiger partial charge in [0.2, 0.25) is 11.8 Å². The summed E-state index contributed by atoms with van der Waals surface area (Å²) in [6, 6.07) is 0. The van der Waals surface area contributed by atoms with Crippen molar-refractivity contribution < 1.29 is 4.74 Å². The summed E-state index contributed by atoms with van der Waals surface area (Å²) in [7, 11) is 0. The minimum Gasteiger partial charge on any atom is -0.474 e. The molecule has 2 aromatic heterocycles. The molecule has 110 valence electrons. The molecule has 1 atom stereocenters. The number of fused-ring (bicyclic) bond motifs is 1. The first-order chi connectivity index (χ1) is 9.60. The van der Waals surface area contributed by atoms with Crippen LogP contribution in [-0.4, -0.2) is 32.8 Å². The molecule has 0 aliphatic heterocycles. The van der Waals surface area contributed by atoms with Crippen molar-refractivity contribution >= 4 is 17.0 Å². The fraction of sp³-hybridized carbons (Fsp3) is 0.643. The number of rotatable bonds is 7. The van der Waals surface area contributed by atoms with Crippen molar-refractivity contribution in [2.45, 2.75) is 46.6 Å². The number of H-pyrrole nitrogens is 1. The Bertz CT molecular complexity index is 551. The molecule has 0 aliphatic rings. The third-order valence-corrected chi connectivity index (χ3v) is 2.92. The van der Waals surface area contributed by atoms with Gasteiger partial charge in [-0.05, 0) is 25.7 Å². The average Bonchev–Trinajstić information content (AvgIpc) is 2.83. The molecule has 6 heteroatoms. The lowest BCUT2D eigenvalue weighted by Gasteiger charge is -2.16. The van der Waals surface area contributed by atoms with Gasteiger partial charge in [0.05, 0.1) is 12.3 Å². The van der Waals surface area contributed by atoms with E-state index in [0.29, 0.717) is 23.4 Å². The van der Waals surface area contributed by atoms with E-state index in [4.69, 9.17) is 4.74 Å². The largest absolute Gasteiger partial charge is 0.474 e. The van der Waals surface area contributed by atoms with Gasteiger partial charge in [-0.25, -0.2) is 0 Å². The van der Waals surface area contributed by atoms with Gasteiger partial charge in [0.25, 0.3) is 0 Å². The number of anilines is 1. The molecule has 1 unspecified atom stereocenters. The molecule has 6 nitrogen and oxygen atoms in total. The number of aromatic nitrogens is 4. The molecule has 2 N–H and O–H groups in total. The van der Waals surface area contributed by atoms with Crippen LogP contribution < -0.4 is 10.1 Å². The fourth-order valence-corrected chi connectivity index (χ4v) is 2.12. The molecule has 0 bridgehead atoms. The van der Waals surface area contributed by atoms with Gasteiger partial charge >= 0.3 is 0 Å². The topological polar surface area (TPSA) is 75.7 Å². The summed E-state index contributed by atoms with van der Waals surface area (Å²) >= 11 is 0. The summed E-state index contributed by atoms with van der Waals surface area (Å²) in [6.07, 6.45) is 3.82. The quantitative estimate of drug-likeness (QED) is 0.813. The van der Waals surface area contributed by atoms with Crippen molar-refractivity contribution in [3.63, 3.8) is 0 Å². The zero-order chi connectivity index (χ0) is 14.5. The Morgan fingerprint density at radius 2 is 2.10 bits per heavy atom. The standard InChI is InChI=1S/C14H23N5O/c1-5-6-15-14-17-12-11(8-16-19-12)13(18-14)20-10(4)7-9(2)3/h8-10H,5-7H2,1-4H3,(H2,15,16,17,18,19). The summed E-state index contributed by atoms with van der Waals surface area (Å²) in [5.74, 6) is 1.76. The molecule has 0 aliphatic carbocycles. The van der Waals surface area contributed by atoms with E-state index in [1.807, 2.05) is 0 Å². The van der Waals surface area contributed by atoms with E-state index in [2.05, 4.69) is 53.2 Å². The van der Waals surface area contributed by atoms with Crippen LogP contribution in [0.3, 0.4) is 0 Å². The minimum absolute atomic E-state index is 0.113. The Labute approximate surface area is 119 Å². The maximum atomic E-state index is 5.97. The van der Waals surface area contributed by atoms with Gasteiger partial charge in [-0.15, -0.1) is 0 Å². The first-order valence-electron chi connectivity index (χ1n) is 7.21. The molecular weight excluding hydrogens is 254 g/mol. The molecular formula is C14H23N5O. The normalized spacial score (nSPS) is 12.8. The highest BCUT2D eigenvalue weighted by Gasteiger charge is 2.14. The van der Waals surface area contributed by atoms with Crippen molar-refractivity contribution in [1.82, 2.24) is 20.2 Å². The van der Waals surface area contributed by atoms with Crippen LogP contribution in [0.25, 0.3) is 11.0 Å². The molecule has 0 radical (unpaired) electrons. The lowest BCUT2D eigenvalue weighted by molar-refractivity contribution is 0.188. The summed E-state index contributed by atoms with van der Waals surface area (Å²) < 4.78 is 5.97. The molecule has 0 aromatic carbocycles. The fourth-order valence-electron chi connectivity index (χ4n) is 2.12. The van der Waals surface area contributed by atoms with Gasteiger partial charge in [0.1, 0.15) is 5.39 Å². The van der Waals surface area contributed by atoms with Gasteiger partial charge in [0, 0.05) is 6.54 Å². The molecule has 0 saturated heterocycles. The van der Waals surface area contributed by atoms with Crippen LogP contribution in [0.15, 0.2) is 6.20 Å². The maximum Gasteiger partial charge on any atom is 0.229 e. The van der Waals surface area contributed by atoms with Gasteiger partial charge in [-0.2, -0.15) is 15.1 Å². The molecule has 2 aromatic rings. The Balaban J connectivity index is 2.22. The predicted octanol–water partition coefficient (Wildman–Crippen LogP) is 2.99. The number of ether oxygens (including phenoxy) is 1. The number of hydrogen-bond donors (Lipinski definition) is 2. The van der Waals surface area contributed by atoms with E-state index in [9.17, 15) is 0 Å².